The van der Waals surface area contributed by atoms with Crippen LogP contribution >= 0.6 is 0 Å². The summed E-state index contributed by atoms with van der Waals surface area (Å²) >= 11 is 0. The van der Waals surface area contributed by atoms with Gasteiger partial charge in [0.05, 0.1) is 5.56 Å². The van der Waals surface area contributed by atoms with Crippen molar-refractivity contribution in [2.45, 2.75) is 24.9 Å². The fourth-order valence-electron chi connectivity index (χ4n) is 2.27. The van der Waals surface area contributed by atoms with Crippen molar-refractivity contribution in [3.63, 3.8) is 0 Å². The van der Waals surface area contributed by atoms with Gasteiger partial charge in [0.15, 0.2) is 0 Å². The predicted octanol–water partition coefficient (Wildman–Crippen LogP) is 3.49. The van der Waals surface area contributed by atoms with Crippen molar-refractivity contribution < 1.29 is 22.0 Å². The molecule has 0 radical (unpaired) electrons. The van der Waals surface area contributed by atoms with Gasteiger partial charge in [-0.1, -0.05) is 18.2 Å². The van der Waals surface area contributed by atoms with Crippen LogP contribution < -0.4 is 5.32 Å². The van der Waals surface area contributed by atoms with Crippen molar-refractivity contribution in [3.8, 4) is 0 Å². The van der Waals surface area contributed by atoms with Crippen LogP contribution in [-0.4, -0.2) is 19.0 Å². The molecule has 0 saturated carbocycles. The van der Waals surface area contributed by atoms with Crippen LogP contribution in [-0.2, 0) is 12.6 Å². The first-order valence-electron chi connectivity index (χ1n) is 6.04. The molecule has 106 valence electrons. The Bertz CT molecular complexity index is 441. The first-order valence-corrected chi connectivity index (χ1v) is 6.04. The van der Waals surface area contributed by atoms with Gasteiger partial charge in [-0.2, -0.15) is 13.2 Å². The molecule has 0 amide bonds. The number of nitrogens with one attached hydrogen (secondary N) is 1. The zero-order chi connectivity index (χ0) is 14.1. The Balaban J connectivity index is 2.15. The lowest BCUT2D eigenvalue weighted by Crippen LogP contribution is -2.45. The molecule has 1 atom stereocenters. The molecule has 0 aliphatic carbocycles. The van der Waals surface area contributed by atoms with E-state index < -0.39 is 23.6 Å². The summed E-state index contributed by atoms with van der Waals surface area (Å²) in [7, 11) is 0. The summed E-state index contributed by atoms with van der Waals surface area (Å²) < 4.78 is 64.9. The highest BCUT2D eigenvalue weighted by Gasteiger charge is 2.41. The van der Waals surface area contributed by atoms with E-state index in [2.05, 4.69) is 5.32 Å². The second-order valence-corrected chi connectivity index (χ2v) is 4.81. The van der Waals surface area contributed by atoms with E-state index in [1.54, 1.807) is 0 Å². The average Bonchev–Trinajstić information content (AvgIpc) is 2.31. The number of hydrogen-bond acceptors (Lipinski definition) is 1. The Labute approximate surface area is 107 Å². The van der Waals surface area contributed by atoms with Crippen LogP contribution in [0.3, 0.4) is 0 Å². The Hall–Kier alpha value is -1.17. The highest BCUT2D eigenvalue weighted by molar-refractivity contribution is 5.26. The van der Waals surface area contributed by atoms with Crippen molar-refractivity contribution in [1.29, 1.82) is 0 Å². The van der Waals surface area contributed by atoms with E-state index in [1.165, 1.54) is 12.1 Å². The minimum Gasteiger partial charge on any atom is -0.316 e. The van der Waals surface area contributed by atoms with Crippen molar-refractivity contribution in [2.24, 2.45) is 5.92 Å². The van der Waals surface area contributed by atoms with Gasteiger partial charge < -0.3 is 5.32 Å². The first kappa shape index (κ1) is 14.2. The topological polar surface area (TPSA) is 12.0 Å². The quantitative estimate of drug-likeness (QED) is 0.817. The third kappa shape index (κ3) is 3.43. The SMILES string of the molecule is FC(F)(F)c1cccc(CC2CNCCC2(F)F)c1. The van der Waals surface area contributed by atoms with Crippen LogP contribution in [0.1, 0.15) is 17.5 Å². The summed E-state index contributed by atoms with van der Waals surface area (Å²) in [6, 6.07) is 4.61. The third-order valence-electron chi connectivity index (χ3n) is 3.36. The second-order valence-electron chi connectivity index (χ2n) is 4.81. The fraction of sp³-hybridized carbons (Fsp3) is 0.538. The fourth-order valence-corrected chi connectivity index (χ4v) is 2.27. The molecule has 1 saturated heterocycles. The lowest BCUT2D eigenvalue weighted by Gasteiger charge is -2.32. The monoisotopic (exact) mass is 279 g/mol. The molecule has 1 nitrogen and oxygen atoms in total. The van der Waals surface area contributed by atoms with Gasteiger partial charge in [-0.15, -0.1) is 0 Å². The molecular weight excluding hydrogens is 265 g/mol. The lowest BCUT2D eigenvalue weighted by atomic mass is 9.88. The van der Waals surface area contributed by atoms with Gasteiger partial charge in [0.1, 0.15) is 0 Å². The van der Waals surface area contributed by atoms with Gasteiger partial charge in [-0.25, -0.2) is 8.78 Å². The molecule has 1 heterocycles. The van der Waals surface area contributed by atoms with Gasteiger partial charge in [0.25, 0.3) is 5.92 Å². The van der Waals surface area contributed by atoms with Crippen LogP contribution in [0.15, 0.2) is 24.3 Å². The zero-order valence-corrected chi connectivity index (χ0v) is 10.1. The summed E-state index contributed by atoms with van der Waals surface area (Å²) in [4.78, 5) is 0. The van der Waals surface area contributed by atoms with Crippen molar-refractivity contribution in [1.82, 2.24) is 5.32 Å². The summed E-state index contributed by atoms with van der Waals surface area (Å²) in [5.74, 6) is -3.77. The normalized spacial score (nSPS) is 23.3. The number of piperidine rings is 1. The van der Waals surface area contributed by atoms with Crippen molar-refractivity contribution >= 4 is 0 Å². The van der Waals surface area contributed by atoms with Gasteiger partial charge in [0.2, 0.25) is 0 Å². The van der Waals surface area contributed by atoms with Crippen LogP contribution in [0.5, 0.6) is 0 Å². The highest BCUT2D eigenvalue weighted by Crippen LogP contribution is 2.34. The van der Waals surface area contributed by atoms with Crippen LogP contribution in [0.25, 0.3) is 0 Å². The maximum Gasteiger partial charge on any atom is 0.416 e. The van der Waals surface area contributed by atoms with Gasteiger partial charge in [-0.05, 0) is 18.1 Å². The largest absolute Gasteiger partial charge is 0.416 e. The van der Waals surface area contributed by atoms with Gasteiger partial charge >= 0.3 is 6.18 Å². The van der Waals surface area contributed by atoms with Crippen LogP contribution in [0.4, 0.5) is 22.0 Å². The molecule has 1 fully saturated rings. The second kappa shape index (κ2) is 5.07. The lowest BCUT2D eigenvalue weighted by molar-refractivity contribution is -0.137. The molecule has 1 aromatic rings. The van der Waals surface area contributed by atoms with E-state index >= 15 is 0 Å². The van der Waals surface area contributed by atoms with E-state index in [4.69, 9.17) is 0 Å². The molecule has 0 bridgehead atoms. The number of halogens is 5. The third-order valence-corrected chi connectivity index (χ3v) is 3.36. The Morgan fingerprint density at radius 1 is 1.26 bits per heavy atom. The molecule has 1 unspecified atom stereocenters. The minimum atomic E-state index is -4.44. The smallest absolute Gasteiger partial charge is 0.316 e. The number of hydrogen-bond donors (Lipinski definition) is 1. The van der Waals surface area contributed by atoms with Gasteiger partial charge in [0, 0.05) is 25.4 Å². The van der Waals surface area contributed by atoms with Crippen LogP contribution in [0.2, 0.25) is 0 Å². The molecular formula is C13H14F5N. The zero-order valence-electron chi connectivity index (χ0n) is 10.1. The highest BCUT2D eigenvalue weighted by atomic mass is 19.4. The maximum absolute atomic E-state index is 13.6. The number of alkyl halides is 5. The standard InChI is InChI=1S/C13H14F5N/c14-12(15)4-5-19-8-11(12)7-9-2-1-3-10(6-9)13(16,17)18/h1-3,6,11,19H,4-5,7-8H2. The van der Waals surface area contributed by atoms with E-state index in [9.17, 15) is 22.0 Å². The predicted molar refractivity (Wildman–Crippen MR) is 61.1 cm³/mol. The molecule has 6 heteroatoms. The van der Waals surface area contributed by atoms with Crippen molar-refractivity contribution in [2.75, 3.05) is 13.1 Å². The van der Waals surface area contributed by atoms with E-state index in [1.807, 2.05) is 0 Å². The molecule has 2 rings (SSSR count). The molecule has 1 aromatic carbocycles. The summed E-state index contributed by atoms with van der Waals surface area (Å²) in [6.45, 7) is 0.370. The maximum atomic E-state index is 13.6. The Kier molecular flexibility index (Phi) is 3.80. The summed E-state index contributed by atoms with van der Waals surface area (Å²) in [5.41, 5.74) is -0.500. The average molecular weight is 279 g/mol. The summed E-state index contributed by atoms with van der Waals surface area (Å²) in [6.07, 6.45) is -4.76. The first-order chi connectivity index (χ1) is 8.79. The van der Waals surface area contributed by atoms with Crippen LogP contribution in [0, 0.1) is 5.92 Å². The molecule has 0 aromatic heterocycles. The number of rotatable bonds is 2. The van der Waals surface area contributed by atoms with Crippen molar-refractivity contribution in [3.05, 3.63) is 35.4 Å². The summed E-state index contributed by atoms with van der Waals surface area (Å²) in [5, 5.41) is 2.85. The molecule has 1 aliphatic rings. The molecule has 1 N–H and O–H groups in total. The Morgan fingerprint density at radius 2 is 2.00 bits per heavy atom. The van der Waals surface area contributed by atoms with E-state index in [0.717, 1.165) is 12.1 Å². The number of benzene rings is 1. The molecule has 19 heavy (non-hydrogen) atoms. The van der Waals surface area contributed by atoms with E-state index in [-0.39, 0.29) is 25.9 Å². The van der Waals surface area contributed by atoms with E-state index in [0.29, 0.717) is 5.56 Å². The van der Waals surface area contributed by atoms with Gasteiger partial charge in [-0.3, -0.25) is 0 Å². The minimum absolute atomic E-state index is 0.0517. The molecule has 0 spiro atoms. The Morgan fingerprint density at radius 3 is 2.63 bits per heavy atom. The molecule has 1 aliphatic heterocycles.